The topological polar surface area (TPSA) is 78.0 Å². The summed E-state index contributed by atoms with van der Waals surface area (Å²) in [7, 11) is 1.72. The van der Waals surface area contributed by atoms with E-state index >= 15 is 0 Å². The number of piperazine rings is 1. The molecule has 0 bridgehead atoms. The second-order valence-electron chi connectivity index (χ2n) is 10.1. The number of rotatable bonds is 5. The van der Waals surface area contributed by atoms with Crippen LogP contribution in [0.15, 0.2) is 65.6 Å². The number of fused-ring (bicyclic) bond motifs is 1. The first-order valence-corrected chi connectivity index (χ1v) is 12.9. The van der Waals surface area contributed by atoms with Gasteiger partial charge in [0.25, 0.3) is 5.56 Å². The molecule has 3 atom stereocenters. The van der Waals surface area contributed by atoms with Crippen molar-refractivity contribution >= 4 is 16.7 Å². The molecule has 1 saturated heterocycles. The second-order valence-corrected chi connectivity index (χ2v) is 10.1. The fraction of sp³-hybridized carbons (Fsp3) is 0.333. The van der Waals surface area contributed by atoms with Crippen molar-refractivity contribution in [3.05, 3.63) is 99.5 Å². The molecule has 5 rings (SSSR count). The van der Waals surface area contributed by atoms with Crippen molar-refractivity contribution in [3.8, 4) is 6.07 Å². The van der Waals surface area contributed by atoms with Gasteiger partial charge in [-0.05, 0) is 61.7 Å². The minimum Gasteiger partial charge on any atom is -0.364 e. The minimum absolute atomic E-state index is 0.0485. The highest BCUT2D eigenvalue weighted by molar-refractivity contribution is 5.89. The zero-order valence-corrected chi connectivity index (χ0v) is 22.1. The van der Waals surface area contributed by atoms with Gasteiger partial charge in [0.1, 0.15) is 23.1 Å². The van der Waals surface area contributed by atoms with Crippen molar-refractivity contribution < 1.29 is 4.39 Å². The summed E-state index contributed by atoms with van der Waals surface area (Å²) in [6.07, 6.45) is 2.68. The molecule has 0 saturated carbocycles. The number of nitrogens with zero attached hydrogens (tertiary/aromatic N) is 6. The van der Waals surface area contributed by atoms with Gasteiger partial charge in [0.15, 0.2) is 0 Å². The Hall–Kier alpha value is -4.09. The summed E-state index contributed by atoms with van der Waals surface area (Å²) in [5.41, 5.74) is 5.07. The molecule has 1 aliphatic rings. The van der Waals surface area contributed by atoms with E-state index in [4.69, 9.17) is 4.98 Å². The molecule has 194 valence electrons. The third kappa shape index (κ3) is 4.66. The van der Waals surface area contributed by atoms with Crippen molar-refractivity contribution in [2.45, 2.75) is 45.3 Å². The van der Waals surface area contributed by atoms with Crippen LogP contribution in [0.2, 0.25) is 0 Å². The van der Waals surface area contributed by atoms with Gasteiger partial charge in [-0.15, -0.1) is 0 Å². The van der Waals surface area contributed by atoms with E-state index in [0.29, 0.717) is 29.8 Å². The number of pyridine rings is 3. The van der Waals surface area contributed by atoms with Crippen molar-refractivity contribution in [2.24, 2.45) is 7.05 Å². The molecule has 1 aliphatic heterocycles. The van der Waals surface area contributed by atoms with Gasteiger partial charge in [0.2, 0.25) is 0 Å². The van der Waals surface area contributed by atoms with Gasteiger partial charge in [-0.3, -0.25) is 14.7 Å². The highest BCUT2D eigenvalue weighted by Crippen LogP contribution is 2.36. The largest absolute Gasteiger partial charge is 0.364 e. The van der Waals surface area contributed by atoms with E-state index in [9.17, 15) is 14.4 Å². The van der Waals surface area contributed by atoms with Crippen LogP contribution in [0.4, 0.5) is 10.1 Å². The Morgan fingerprint density at radius 3 is 2.66 bits per heavy atom. The lowest BCUT2D eigenvalue weighted by Crippen LogP contribution is -2.58. The van der Waals surface area contributed by atoms with Crippen LogP contribution in [0.3, 0.4) is 0 Å². The van der Waals surface area contributed by atoms with Crippen LogP contribution in [0.5, 0.6) is 0 Å². The number of nitriles is 1. The fourth-order valence-electron chi connectivity index (χ4n) is 5.51. The fourth-order valence-corrected chi connectivity index (χ4v) is 5.51. The minimum atomic E-state index is -0.274. The summed E-state index contributed by atoms with van der Waals surface area (Å²) in [6, 6.07) is 17.9. The molecule has 0 N–H and O–H groups in total. The summed E-state index contributed by atoms with van der Waals surface area (Å²) in [4.78, 5) is 26.9. The molecule has 8 heteroatoms. The van der Waals surface area contributed by atoms with Gasteiger partial charge < -0.3 is 9.47 Å². The molecule has 0 radical (unpaired) electrons. The highest BCUT2D eigenvalue weighted by atomic mass is 19.1. The van der Waals surface area contributed by atoms with E-state index in [-0.39, 0.29) is 29.5 Å². The van der Waals surface area contributed by atoms with Crippen LogP contribution < -0.4 is 10.5 Å². The quantitative estimate of drug-likeness (QED) is 0.386. The van der Waals surface area contributed by atoms with Crippen molar-refractivity contribution in [2.75, 3.05) is 18.0 Å². The van der Waals surface area contributed by atoms with Gasteiger partial charge in [-0.25, -0.2) is 9.37 Å². The lowest BCUT2D eigenvalue weighted by Gasteiger charge is -2.49. The maximum absolute atomic E-state index is 14.4. The molecule has 1 fully saturated rings. The average Bonchev–Trinajstić information content (AvgIpc) is 2.92. The van der Waals surface area contributed by atoms with Gasteiger partial charge >= 0.3 is 0 Å². The number of aryl methyl sites for hydroxylation is 2. The zero-order valence-electron chi connectivity index (χ0n) is 22.1. The normalized spacial score (nSPS) is 18.9. The van der Waals surface area contributed by atoms with Crippen LogP contribution >= 0.6 is 0 Å². The van der Waals surface area contributed by atoms with E-state index in [1.165, 1.54) is 6.07 Å². The van der Waals surface area contributed by atoms with Crippen LogP contribution in [0, 0.1) is 24.1 Å². The van der Waals surface area contributed by atoms with Crippen molar-refractivity contribution in [1.82, 2.24) is 19.4 Å². The third-order valence-corrected chi connectivity index (χ3v) is 7.56. The zero-order chi connectivity index (χ0) is 27.0. The predicted molar refractivity (Wildman–Crippen MR) is 147 cm³/mol. The Balaban J connectivity index is 1.59. The molecule has 7 nitrogen and oxygen atoms in total. The lowest BCUT2D eigenvalue weighted by atomic mass is 9.95. The monoisotopic (exact) mass is 510 g/mol. The second kappa shape index (κ2) is 10.3. The number of aromatic nitrogens is 3. The summed E-state index contributed by atoms with van der Waals surface area (Å²) < 4.78 is 15.9. The molecule has 0 spiro atoms. The maximum atomic E-state index is 14.4. The van der Waals surface area contributed by atoms with Crippen molar-refractivity contribution in [3.63, 3.8) is 0 Å². The van der Waals surface area contributed by atoms with E-state index < -0.39 is 0 Å². The van der Waals surface area contributed by atoms with Crippen LogP contribution in [-0.4, -0.2) is 44.6 Å². The average molecular weight is 511 g/mol. The molecule has 38 heavy (non-hydrogen) atoms. The number of hydrogen-bond acceptors (Lipinski definition) is 6. The number of anilines is 1. The molecule has 1 aromatic carbocycles. The van der Waals surface area contributed by atoms with Crippen LogP contribution in [-0.2, 0) is 7.05 Å². The first kappa shape index (κ1) is 25.6. The summed E-state index contributed by atoms with van der Waals surface area (Å²) >= 11 is 0. The van der Waals surface area contributed by atoms with Gasteiger partial charge in [-0.1, -0.05) is 25.1 Å². The smallest absolute Gasteiger partial charge is 0.252 e. The number of halogens is 1. The molecule has 4 aromatic rings. The van der Waals surface area contributed by atoms with Gasteiger partial charge in [0.05, 0.1) is 22.9 Å². The predicted octanol–water partition coefficient (Wildman–Crippen LogP) is 4.73. The molecular weight excluding hydrogens is 479 g/mol. The highest BCUT2D eigenvalue weighted by Gasteiger charge is 2.37. The molecular formula is C30H31FN6O. The van der Waals surface area contributed by atoms with Gasteiger partial charge in [0, 0.05) is 44.5 Å². The van der Waals surface area contributed by atoms with E-state index in [1.54, 1.807) is 41.9 Å². The number of hydrogen-bond donors (Lipinski definition) is 0. The summed E-state index contributed by atoms with van der Waals surface area (Å²) in [5, 5.41) is 9.48. The Bertz CT molecular complexity index is 1570. The summed E-state index contributed by atoms with van der Waals surface area (Å²) in [6.45, 7) is 7.60. The van der Waals surface area contributed by atoms with Crippen LogP contribution in [0.1, 0.15) is 48.8 Å². The first-order valence-electron chi connectivity index (χ1n) is 12.9. The Morgan fingerprint density at radius 1 is 1.16 bits per heavy atom. The van der Waals surface area contributed by atoms with Crippen LogP contribution in [0.25, 0.3) is 11.0 Å². The number of benzene rings is 1. The van der Waals surface area contributed by atoms with Gasteiger partial charge in [-0.2, -0.15) is 5.26 Å². The Labute approximate surface area is 221 Å². The Kier molecular flexibility index (Phi) is 6.96. The maximum Gasteiger partial charge on any atom is 0.252 e. The molecule has 1 unspecified atom stereocenters. The van der Waals surface area contributed by atoms with E-state index in [0.717, 1.165) is 28.9 Å². The van der Waals surface area contributed by atoms with E-state index in [1.807, 2.05) is 31.3 Å². The first-order chi connectivity index (χ1) is 18.3. The molecule has 3 aromatic heterocycles. The standard InChI is InChI=1S/C30H31FN6O/c1-5-24-18-36(30(21-7-6-8-22(31)13-21)25-11-9-19(2)16-33-25)20(3)17-37(24)27-14-28(38)35(4)26-12-10-23(15-32)34-29(26)27/h6-14,16,20,24,30H,5,17-18H2,1-4H3/t20-,24+,30?/m1/s1. The molecule has 0 amide bonds. The SMILES string of the molecule is CC[C@H]1CN(C(c2cccc(F)c2)c2ccc(C)cn2)[C@H](C)CN1c1cc(=O)n(C)c2ccc(C#N)nc12. The molecule has 0 aliphatic carbocycles. The third-order valence-electron chi connectivity index (χ3n) is 7.56. The van der Waals surface area contributed by atoms with E-state index in [2.05, 4.69) is 34.7 Å². The van der Waals surface area contributed by atoms with Crippen molar-refractivity contribution in [1.29, 1.82) is 5.26 Å². The lowest BCUT2D eigenvalue weighted by molar-refractivity contribution is 0.122. The Morgan fingerprint density at radius 2 is 1.97 bits per heavy atom. The molecule has 4 heterocycles. The summed E-state index contributed by atoms with van der Waals surface area (Å²) in [5.74, 6) is -0.274.